The predicted molar refractivity (Wildman–Crippen MR) is 75.7 cm³/mol. The van der Waals surface area contributed by atoms with Crippen molar-refractivity contribution in [2.75, 3.05) is 0 Å². The van der Waals surface area contributed by atoms with Crippen LogP contribution in [-0.2, 0) is 16.9 Å². The van der Waals surface area contributed by atoms with Crippen LogP contribution >= 0.6 is 34.5 Å². The highest BCUT2D eigenvalue weighted by Gasteiger charge is 2.49. The van der Waals surface area contributed by atoms with Crippen LogP contribution in [0.15, 0.2) is 16.8 Å². The lowest BCUT2D eigenvalue weighted by Gasteiger charge is -2.20. The number of nitrogens with zero attached hydrogens (tertiary/aromatic N) is 3. The molecule has 6 nitrogen and oxygen atoms in total. The van der Waals surface area contributed by atoms with Crippen molar-refractivity contribution < 1.29 is 9.59 Å². The highest BCUT2D eigenvalue weighted by Crippen LogP contribution is 2.31. The van der Waals surface area contributed by atoms with Crippen LogP contribution in [0.5, 0.6) is 0 Å². The lowest BCUT2D eigenvalue weighted by atomic mass is 9.95. The highest BCUT2D eigenvalue weighted by atomic mass is 35.5. The Kier molecular flexibility index (Phi) is 3.23. The molecule has 0 aromatic carbocycles. The largest absolute Gasteiger partial charge is 0.325 e. The Labute approximate surface area is 127 Å². The van der Waals surface area contributed by atoms with Crippen molar-refractivity contribution in [3.05, 3.63) is 32.4 Å². The molecule has 3 heterocycles. The number of rotatable bonds is 3. The number of amides is 3. The number of halogens is 1. The molecule has 0 radical (unpaired) electrons. The lowest BCUT2D eigenvalue weighted by Crippen LogP contribution is -2.40. The van der Waals surface area contributed by atoms with Crippen molar-refractivity contribution in [3.63, 3.8) is 0 Å². The van der Waals surface area contributed by atoms with Crippen molar-refractivity contribution in [1.82, 2.24) is 19.8 Å². The van der Waals surface area contributed by atoms with Gasteiger partial charge in [0.2, 0.25) is 0 Å². The van der Waals surface area contributed by atoms with Crippen molar-refractivity contribution in [3.8, 4) is 0 Å². The number of urea groups is 1. The molecule has 0 spiro atoms. The van der Waals surface area contributed by atoms with E-state index >= 15 is 0 Å². The van der Waals surface area contributed by atoms with Gasteiger partial charge in [0.05, 0.1) is 6.54 Å². The zero-order valence-electron chi connectivity index (χ0n) is 10.3. The highest BCUT2D eigenvalue weighted by molar-refractivity contribution is 7.10. The van der Waals surface area contributed by atoms with E-state index in [0.717, 1.165) is 22.0 Å². The number of imide groups is 1. The van der Waals surface area contributed by atoms with Gasteiger partial charge in [-0.25, -0.2) is 4.79 Å². The fourth-order valence-corrected chi connectivity index (χ4v) is 3.40. The second-order valence-corrected chi connectivity index (χ2v) is 6.59. The monoisotopic (exact) mass is 328 g/mol. The maximum atomic E-state index is 12.5. The van der Waals surface area contributed by atoms with Crippen LogP contribution in [0, 0.1) is 0 Å². The Balaban J connectivity index is 1.90. The van der Waals surface area contributed by atoms with Crippen LogP contribution in [0.1, 0.15) is 18.2 Å². The topological polar surface area (TPSA) is 75.2 Å². The van der Waals surface area contributed by atoms with Gasteiger partial charge >= 0.3 is 6.03 Å². The average Bonchev–Trinajstić information content (AvgIpc) is 3.09. The Morgan fingerprint density at radius 2 is 2.30 bits per heavy atom. The van der Waals surface area contributed by atoms with Gasteiger partial charge in [0.1, 0.15) is 15.6 Å². The van der Waals surface area contributed by atoms with Gasteiger partial charge in [-0.05, 0) is 29.3 Å². The SMILES string of the molecule is C[C@@]1(c2ccsc2)NC(=O)N(Cc2nnsc2Cl)C1=O. The van der Waals surface area contributed by atoms with Crippen molar-refractivity contribution in [2.24, 2.45) is 0 Å². The molecule has 3 rings (SSSR count). The van der Waals surface area contributed by atoms with E-state index in [0.29, 0.717) is 10.0 Å². The Hall–Kier alpha value is -1.51. The van der Waals surface area contributed by atoms with E-state index in [-0.39, 0.29) is 12.5 Å². The van der Waals surface area contributed by atoms with Crippen molar-refractivity contribution >= 4 is 46.4 Å². The molecule has 1 aliphatic heterocycles. The molecule has 0 saturated carbocycles. The number of aromatic nitrogens is 2. The summed E-state index contributed by atoms with van der Waals surface area (Å²) in [7, 11) is 0. The summed E-state index contributed by atoms with van der Waals surface area (Å²) in [6.07, 6.45) is 0. The Bertz CT molecular complexity index is 672. The fraction of sp³-hybridized carbons (Fsp3) is 0.273. The van der Waals surface area contributed by atoms with Gasteiger partial charge in [0.15, 0.2) is 0 Å². The summed E-state index contributed by atoms with van der Waals surface area (Å²) in [5.74, 6) is -0.315. The molecule has 0 aliphatic carbocycles. The van der Waals surface area contributed by atoms with E-state index in [2.05, 4.69) is 14.9 Å². The Morgan fingerprint density at radius 1 is 1.50 bits per heavy atom. The van der Waals surface area contributed by atoms with Gasteiger partial charge < -0.3 is 5.32 Å². The number of nitrogens with one attached hydrogen (secondary N) is 1. The predicted octanol–water partition coefficient (Wildman–Crippen LogP) is 2.22. The normalized spacial score (nSPS) is 22.4. The molecule has 0 unspecified atom stereocenters. The Morgan fingerprint density at radius 3 is 2.90 bits per heavy atom. The average molecular weight is 329 g/mol. The third-order valence-electron chi connectivity index (χ3n) is 3.19. The van der Waals surface area contributed by atoms with Gasteiger partial charge in [0, 0.05) is 11.5 Å². The summed E-state index contributed by atoms with van der Waals surface area (Å²) in [6, 6.07) is 1.37. The molecule has 1 N–H and O–H groups in total. The smallest absolute Gasteiger partial charge is 0.319 e. The first-order valence-electron chi connectivity index (χ1n) is 5.66. The minimum Gasteiger partial charge on any atom is -0.319 e. The summed E-state index contributed by atoms with van der Waals surface area (Å²) in [6.45, 7) is 1.72. The van der Waals surface area contributed by atoms with Gasteiger partial charge in [-0.15, -0.1) is 5.10 Å². The molecular weight excluding hydrogens is 320 g/mol. The number of carbonyl (C=O) groups excluding carboxylic acids is 2. The van der Waals surface area contributed by atoms with E-state index < -0.39 is 11.6 Å². The van der Waals surface area contributed by atoms with Crippen molar-refractivity contribution in [2.45, 2.75) is 19.0 Å². The van der Waals surface area contributed by atoms with E-state index in [1.54, 1.807) is 6.92 Å². The minimum atomic E-state index is -1.03. The van der Waals surface area contributed by atoms with Gasteiger partial charge in [-0.2, -0.15) is 11.3 Å². The van der Waals surface area contributed by atoms with Crippen LogP contribution in [-0.4, -0.2) is 26.4 Å². The summed E-state index contributed by atoms with van der Waals surface area (Å²) < 4.78 is 4.08. The molecule has 2 aromatic rings. The summed E-state index contributed by atoms with van der Waals surface area (Å²) in [5.41, 5.74) is 0.160. The molecule has 20 heavy (non-hydrogen) atoms. The molecular formula is C11H9ClN4O2S2. The molecule has 3 amide bonds. The van der Waals surface area contributed by atoms with Crippen LogP contribution in [0.2, 0.25) is 4.34 Å². The molecule has 104 valence electrons. The molecule has 2 aromatic heterocycles. The van der Waals surface area contributed by atoms with Crippen LogP contribution in [0.3, 0.4) is 0 Å². The molecule has 1 saturated heterocycles. The lowest BCUT2D eigenvalue weighted by molar-refractivity contribution is -0.131. The van der Waals surface area contributed by atoms with Gasteiger partial charge in [-0.3, -0.25) is 9.69 Å². The quantitative estimate of drug-likeness (QED) is 0.877. The molecule has 1 atom stereocenters. The first kappa shape index (κ1) is 13.5. The molecule has 1 fully saturated rings. The summed E-state index contributed by atoms with van der Waals surface area (Å²) in [5, 5.41) is 10.3. The second-order valence-electron chi connectivity index (χ2n) is 4.45. The van der Waals surface area contributed by atoms with Crippen LogP contribution < -0.4 is 5.32 Å². The number of thiophene rings is 1. The van der Waals surface area contributed by atoms with E-state index in [1.165, 1.54) is 11.3 Å². The van der Waals surface area contributed by atoms with Crippen LogP contribution in [0.25, 0.3) is 0 Å². The van der Waals surface area contributed by atoms with E-state index in [1.807, 2.05) is 16.8 Å². The van der Waals surface area contributed by atoms with E-state index in [4.69, 9.17) is 11.6 Å². The van der Waals surface area contributed by atoms with Gasteiger partial charge in [0.25, 0.3) is 5.91 Å². The fourth-order valence-electron chi connectivity index (χ4n) is 2.03. The first-order chi connectivity index (χ1) is 9.52. The zero-order chi connectivity index (χ0) is 14.3. The maximum Gasteiger partial charge on any atom is 0.325 e. The summed E-state index contributed by atoms with van der Waals surface area (Å²) in [4.78, 5) is 25.7. The number of hydrogen-bond donors (Lipinski definition) is 1. The van der Waals surface area contributed by atoms with E-state index in [9.17, 15) is 9.59 Å². The van der Waals surface area contributed by atoms with Crippen molar-refractivity contribution in [1.29, 1.82) is 0 Å². The standard InChI is InChI=1S/C11H9ClN4O2S2/c1-11(6-2-3-19-5-6)9(17)16(10(18)13-11)4-7-8(12)20-15-14-7/h2-3,5H,4H2,1H3,(H,13,18)/t11-/m0/s1. The third-order valence-corrected chi connectivity index (χ3v) is 4.86. The third kappa shape index (κ3) is 2.00. The maximum absolute atomic E-state index is 12.5. The zero-order valence-corrected chi connectivity index (χ0v) is 12.7. The number of carbonyl (C=O) groups is 2. The minimum absolute atomic E-state index is 0.0275. The summed E-state index contributed by atoms with van der Waals surface area (Å²) >= 11 is 8.41. The first-order valence-corrected chi connectivity index (χ1v) is 7.75. The van der Waals surface area contributed by atoms with Crippen LogP contribution in [0.4, 0.5) is 4.79 Å². The molecule has 1 aliphatic rings. The molecule has 0 bridgehead atoms. The second kappa shape index (κ2) is 4.80. The van der Waals surface area contributed by atoms with Gasteiger partial charge in [-0.1, -0.05) is 16.1 Å². The molecule has 9 heteroatoms. The number of hydrogen-bond acceptors (Lipinski definition) is 6.